The van der Waals surface area contributed by atoms with E-state index in [2.05, 4.69) is 77.0 Å². The van der Waals surface area contributed by atoms with Gasteiger partial charge in [-0.3, -0.25) is 4.99 Å². The molecule has 1 aliphatic heterocycles. The zero-order valence-electron chi connectivity index (χ0n) is 17.4. The Bertz CT molecular complexity index is 1260. The average molecular weight is 425 g/mol. The van der Waals surface area contributed by atoms with Crippen LogP contribution in [0.4, 0.5) is 0 Å². The number of rotatable bonds is 1. The van der Waals surface area contributed by atoms with Gasteiger partial charge in [0, 0.05) is 30.2 Å². The van der Waals surface area contributed by atoms with Crippen LogP contribution in [0.1, 0.15) is 29.0 Å². The lowest BCUT2D eigenvalue weighted by atomic mass is 9.78. The number of benzene rings is 4. The zero-order valence-corrected chi connectivity index (χ0v) is 18.1. The molecule has 4 aromatic carbocycles. The topological polar surface area (TPSA) is 24.4 Å². The molecule has 0 unspecified atom stereocenters. The highest BCUT2D eigenvalue weighted by molar-refractivity contribution is 6.31. The van der Waals surface area contributed by atoms with Gasteiger partial charge in [-0.05, 0) is 75.5 Å². The molecule has 0 bridgehead atoms. The first-order chi connectivity index (χ1) is 15.3. The standard InChI is InChI=1S/C24H19Cl.C4H6N2/c25-20-9-13-22-19(15-20)8-12-23-21-10-6-17(16-4-2-1-3-5-16)14-18(21)7-11-24(22)23;1-2-6-4-3-5-1/h1-5,7-9,11-13,15,17H,6,10,14H2;1-3,6H,4H2/t17-;/m1./s1. The minimum Gasteiger partial charge on any atom is -0.385 e. The first-order valence-electron chi connectivity index (χ1n) is 10.9. The molecule has 1 heterocycles. The maximum absolute atomic E-state index is 6.16. The lowest BCUT2D eigenvalue weighted by Crippen LogP contribution is -2.13. The van der Waals surface area contributed by atoms with E-state index in [1.54, 1.807) is 11.8 Å². The third kappa shape index (κ3) is 4.22. The summed E-state index contributed by atoms with van der Waals surface area (Å²) in [5.74, 6) is 0.644. The van der Waals surface area contributed by atoms with E-state index in [0.717, 1.165) is 24.4 Å². The molecular formula is C28H25ClN2. The van der Waals surface area contributed by atoms with Gasteiger partial charge in [0.05, 0.1) is 0 Å². The predicted octanol–water partition coefficient (Wildman–Crippen LogP) is 7.05. The number of fused-ring (bicyclic) bond motifs is 5. The normalized spacial score (nSPS) is 17.0. The molecule has 6 rings (SSSR count). The van der Waals surface area contributed by atoms with Crippen molar-refractivity contribution < 1.29 is 0 Å². The molecule has 0 spiro atoms. The molecule has 1 N–H and O–H groups in total. The molecule has 0 fully saturated rings. The van der Waals surface area contributed by atoms with Gasteiger partial charge >= 0.3 is 0 Å². The molecule has 2 nitrogen and oxygen atoms in total. The van der Waals surface area contributed by atoms with Crippen molar-refractivity contribution in [1.82, 2.24) is 5.32 Å². The summed E-state index contributed by atoms with van der Waals surface area (Å²) in [6.45, 7) is 0.872. The van der Waals surface area contributed by atoms with E-state index in [-0.39, 0.29) is 0 Å². The summed E-state index contributed by atoms with van der Waals surface area (Å²) in [4.78, 5) is 3.81. The molecule has 0 aromatic heterocycles. The first-order valence-corrected chi connectivity index (χ1v) is 11.2. The van der Waals surface area contributed by atoms with Crippen LogP contribution in [0, 0.1) is 0 Å². The van der Waals surface area contributed by atoms with Gasteiger partial charge in [-0.15, -0.1) is 0 Å². The summed E-state index contributed by atoms with van der Waals surface area (Å²) in [6.07, 6.45) is 8.90. The van der Waals surface area contributed by atoms with Gasteiger partial charge in [0.15, 0.2) is 0 Å². The second-order valence-electron chi connectivity index (χ2n) is 8.14. The van der Waals surface area contributed by atoms with Crippen LogP contribution < -0.4 is 5.32 Å². The number of halogens is 1. The van der Waals surface area contributed by atoms with E-state index in [1.165, 1.54) is 39.1 Å². The molecule has 0 amide bonds. The van der Waals surface area contributed by atoms with Crippen molar-refractivity contribution >= 4 is 39.4 Å². The molecule has 31 heavy (non-hydrogen) atoms. The SMILES string of the molecule is C1=CNCC=N1.Clc1ccc2c(ccc3c4c(ccc32)C[C@H](c2ccccc2)CC4)c1. The van der Waals surface area contributed by atoms with E-state index < -0.39 is 0 Å². The fourth-order valence-electron chi connectivity index (χ4n) is 4.74. The number of aliphatic imine (C=N–C) groups is 1. The van der Waals surface area contributed by atoms with Gasteiger partial charge in [-0.1, -0.05) is 72.3 Å². The van der Waals surface area contributed by atoms with E-state index in [9.17, 15) is 0 Å². The Morgan fingerprint density at radius 3 is 2.45 bits per heavy atom. The van der Waals surface area contributed by atoms with Crippen molar-refractivity contribution in [3.05, 3.63) is 107 Å². The third-order valence-corrected chi connectivity index (χ3v) is 6.50. The second-order valence-corrected chi connectivity index (χ2v) is 8.57. The molecule has 2 aliphatic rings. The van der Waals surface area contributed by atoms with E-state index in [4.69, 9.17) is 11.6 Å². The molecular weight excluding hydrogens is 400 g/mol. The summed E-state index contributed by atoms with van der Waals surface area (Å²) in [5, 5.41) is 9.05. The van der Waals surface area contributed by atoms with E-state index in [0.29, 0.717) is 5.92 Å². The maximum Gasteiger partial charge on any atom is 0.0498 e. The molecule has 4 aromatic rings. The Morgan fingerprint density at radius 1 is 0.871 bits per heavy atom. The lowest BCUT2D eigenvalue weighted by molar-refractivity contribution is 0.588. The quantitative estimate of drug-likeness (QED) is 0.325. The summed E-state index contributed by atoms with van der Waals surface area (Å²) in [6, 6.07) is 26.3. The van der Waals surface area contributed by atoms with Crippen molar-refractivity contribution in [2.75, 3.05) is 6.54 Å². The number of nitrogens with one attached hydrogen (secondary N) is 1. The van der Waals surface area contributed by atoms with E-state index in [1.807, 2.05) is 18.5 Å². The van der Waals surface area contributed by atoms with Crippen LogP contribution in [0.3, 0.4) is 0 Å². The number of aryl methyl sites for hydroxylation is 1. The molecule has 3 heteroatoms. The lowest BCUT2D eigenvalue weighted by Gasteiger charge is -2.26. The minimum atomic E-state index is 0.644. The molecule has 1 atom stereocenters. The predicted molar refractivity (Wildman–Crippen MR) is 133 cm³/mol. The highest BCUT2D eigenvalue weighted by atomic mass is 35.5. The highest BCUT2D eigenvalue weighted by Gasteiger charge is 2.21. The molecule has 0 saturated carbocycles. The Kier molecular flexibility index (Phi) is 5.73. The number of nitrogens with zero attached hydrogens (tertiary/aromatic N) is 1. The first kappa shape index (κ1) is 19.8. The van der Waals surface area contributed by atoms with E-state index >= 15 is 0 Å². The van der Waals surface area contributed by atoms with Gasteiger partial charge in [0.2, 0.25) is 0 Å². The molecule has 0 radical (unpaired) electrons. The van der Waals surface area contributed by atoms with Gasteiger partial charge < -0.3 is 5.32 Å². The monoisotopic (exact) mass is 424 g/mol. The second kappa shape index (κ2) is 8.95. The van der Waals surface area contributed by atoms with Crippen LogP contribution in [0.5, 0.6) is 0 Å². The van der Waals surface area contributed by atoms with Gasteiger partial charge in [0.1, 0.15) is 0 Å². The van der Waals surface area contributed by atoms with Crippen molar-refractivity contribution in [2.45, 2.75) is 25.2 Å². The summed E-state index contributed by atoms with van der Waals surface area (Å²) < 4.78 is 0. The van der Waals surface area contributed by atoms with Crippen LogP contribution in [0.15, 0.2) is 90.2 Å². The highest BCUT2D eigenvalue weighted by Crippen LogP contribution is 2.38. The van der Waals surface area contributed by atoms with Crippen molar-refractivity contribution in [2.24, 2.45) is 4.99 Å². The van der Waals surface area contributed by atoms with Crippen LogP contribution in [0.25, 0.3) is 21.5 Å². The molecule has 1 aliphatic carbocycles. The van der Waals surface area contributed by atoms with Crippen molar-refractivity contribution in [3.8, 4) is 0 Å². The van der Waals surface area contributed by atoms with Gasteiger partial charge in [-0.2, -0.15) is 0 Å². The average Bonchev–Trinajstić information content (AvgIpc) is 2.85. The Morgan fingerprint density at radius 2 is 1.71 bits per heavy atom. The molecule has 0 saturated heterocycles. The largest absolute Gasteiger partial charge is 0.385 e. The van der Waals surface area contributed by atoms with Gasteiger partial charge in [0.25, 0.3) is 0 Å². The maximum atomic E-state index is 6.16. The molecule has 154 valence electrons. The minimum absolute atomic E-state index is 0.644. The summed E-state index contributed by atoms with van der Waals surface area (Å²) in [7, 11) is 0. The van der Waals surface area contributed by atoms with Crippen molar-refractivity contribution in [3.63, 3.8) is 0 Å². The van der Waals surface area contributed by atoms with Crippen LogP contribution in [0.2, 0.25) is 5.02 Å². The third-order valence-electron chi connectivity index (χ3n) is 6.26. The zero-order chi connectivity index (χ0) is 21.0. The fraction of sp³-hybridized carbons (Fsp3) is 0.179. The summed E-state index contributed by atoms with van der Waals surface area (Å²) >= 11 is 6.16. The number of hydrogen-bond donors (Lipinski definition) is 1. The fourth-order valence-corrected chi connectivity index (χ4v) is 4.92. The Balaban J connectivity index is 0.000000296. The number of hydrogen-bond acceptors (Lipinski definition) is 2. The van der Waals surface area contributed by atoms with Crippen LogP contribution in [-0.4, -0.2) is 12.8 Å². The van der Waals surface area contributed by atoms with Crippen LogP contribution in [-0.2, 0) is 12.8 Å². The van der Waals surface area contributed by atoms with Gasteiger partial charge in [-0.25, -0.2) is 0 Å². The Labute approximate surface area is 188 Å². The Hall–Kier alpha value is -3.10. The van der Waals surface area contributed by atoms with Crippen LogP contribution >= 0.6 is 11.6 Å². The smallest absolute Gasteiger partial charge is 0.0498 e. The van der Waals surface area contributed by atoms with Crippen molar-refractivity contribution in [1.29, 1.82) is 0 Å². The summed E-state index contributed by atoms with van der Waals surface area (Å²) in [5.41, 5.74) is 4.53.